The first-order chi connectivity index (χ1) is 9.35. The molecular formula is C14H28N4O. The van der Waals surface area contributed by atoms with E-state index in [-0.39, 0.29) is 0 Å². The molecule has 2 aliphatic heterocycles. The zero-order valence-corrected chi connectivity index (χ0v) is 12.6. The van der Waals surface area contributed by atoms with E-state index in [2.05, 4.69) is 33.8 Å². The second-order valence-corrected chi connectivity index (χ2v) is 4.38. The van der Waals surface area contributed by atoms with E-state index >= 15 is 0 Å². The average molecular weight is 268 g/mol. The highest BCUT2D eigenvalue weighted by Gasteiger charge is 2.20. The van der Waals surface area contributed by atoms with E-state index in [0.717, 1.165) is 58.3 Å². The van der Waals surface area contributed by atoms with Gasteiger partial charge < -0.3 is 15.0 Å². The largest absolute Gasteiger partial charge is 0.379 e. The monoisotopic (exact) mass is 268 g/mol. The summed E-state index contributed by atoms with van der Waals surface area (Å²) in [6.45, 7) is 17.3. The first-order valence-corrected chi connectivity index (χ1v) is 7.29. The molecule has 0 aromatic heterocycles. The van der Waals surface area contributed by atoms with Gasteiger partial charge in [0, 0.05) is 32.7 Å². The molecule has 0 unspecified atom stereocenters. The number of ether oxygens (including phenoxy) is 1. The standard InChI is InChI=1S/C12H22N4O.C2H6/c1-3-16(10-15-4-6-17-7-5-15)12-9-14-8-11(12)13-2;1-2/h14H,2-10H2,1H3;1-2H3. The fraction of sp³-hybridized carbons (Fsp3) is 0.786. The van der Waals surface area contributed by atoms with E-state index in [0.29, 0.717) is 0 Å². The number of hydrogen-bond acceptors (Lipinski definition) is 5. The van der Waals surface area contributed by atoms with Crippen LogP contribution in [0, 0.1) is 0 Å². The van der Waals surface area contributed by atoms with Crippen LogP contribution in [0.1, 0.15) is 20.8 Å². The van der Waals surface area contributed by atoms with Gasteiger partial charge in [-0.1, -0.05) is 13.8 Å². The molecule has 1 fully saturated rings. The normalized spacial score (nSPS) is 19.9. The second kappa shape index (κ2) is 9.07. The van der Waals surface area contributed by atoms with E-state index in [1.807, 2.05) is 13.8 Å². The highest BCUT2D eigenvalue weighted by atomic mass is 16.5. The van der Waals surface area contributed by atoms with Crippen molar-refractivity contribution in [1.82, 2.24) is 15.1 Å². The zero-order valence-electron chi connectivity index (χ0n) is 12.6. The summed E-state index contributed by atoms with van der Waals surface area (Å²) < 4.78 is 5.37. The van der Waals surface area contributed by atoms with Crippen molar-refractivity contribution in [3.8, 4) is 0 Å². The molecular weight excluding hydrogens is 240 g/mol. The number of nitrogens with one attached hydrogen (secondary N) is 1. The minimum atomic E-state index is 0.846. The Morgan fingerprint density at radius 3 is 2.58 bits per heavy atom. The fourth-order valence-electron chi connectivity index (χ4n) is 2.31. The Morgan fingerprint density at radius 1 is 1.32 bits per heavy atom. The molecule has 110 valence electrons. The summed E-state index contributed by atoms with van der Waals surface area (Å²) in [7, 11) is 0. The van der Waals surface area contributed by atoms with Crippen molar-refractivity contribution >= 4 is 6.72 Å². The van der Waals surface area contributed by atoms with Crippen LogP contribution in [0.2, 0.25) is 0 Å². The van der Waals surface area contributed by atoms with Crippen LogP contribution in [-0.2, 0) is 4.74 Å². The molecule has 0 spiro atoms. The van der Waals surface area contributed by atoms with Gasteiger partial charge in [-0.05, 0) is 13.6 Å². The van der Waals surface area contributed by atoms with Gasteiger partial charge in [-0.3, -0.25) is 9.89 Å². The maximum Gasteiger partial charge on any atom is 0.0738 e. The topological polar surface area (TPSA) is 40.1 Å². The number of morpholine rings is 1. The Morgan fingerprint density at radius 2 is 2.00 bits per heavy atom. The number of nitrogens with zero attached hydrogens (tertiary/aromatic N) is 3. The summed E-state index contributed by atoms with van der Waals surface area (Å²) in [6.07, 6.45) is 0. The molecule has 0 radical (unpaired) electrons. The molecule has 1 saturated heterocycles. The summed E-state index contributed by atoms with van der Waals surface area (Å²) in [5.41, 5.74) is 2.40. The predicted octanol–water partition coefficient (Wildman–Crippen LogP) is 1.14. The maximum atomic E-state index is 5.37. The highest BCUT2D eigenvalue weighted by molar-refractivity contribution is 5.33. The summed E-state index contributed by atoms with van der Waals surface area (Å²) in [5.74, 6) is 0. The van der Waals surface area contributed by atoms with Crippen molar-refractivity contribution in [1.29, 1.82) is 0 Å². The molecule has 0 bridgehead atoms. The van der Waals surface area contributed by atoms with Gasteiger partial charge in [-0.2, -0.15) is 0 Å². The molecule has 5 heteroatoms. The van der Waals surface area contributed by atoms with Gasteiger partial charge in [0.1, 0.15) is 0 Å². The third kappa shape index (κ3) is 4.60. The lowest BCUT2D eigenvalue weighted by atomic mass is 10.3. The van der Waals surface area contributed by atoms with Gasteiger partial charge in [-0.15, -0.1) is 0 Å². The van der Waals surface area contributed by atoms with Crippen LogP contribution in [0.25, 0.3) is 0 Å². The minimum absolute atomic E-state index is 0.846. The molecule has 0 aromatic rings. The molecule has 0 atom stereocenters. The van der Waals surface area contributed by atoms with Crippen LogP contribution in [0.3, 0.4) is 0 Å². The van der Waals surface area contributed by atoms with Gasteiger partial charge in [0.2, 0.25) is 0 Å². The van der Waals surface area contributed by atoms with Crippen LogP contribution < -0.4 is 5.32 Å². The van der Waals surface area contributed by atoms with Crippen molar-refractivity contribution in [2.24, 2.45) is 4.99 Å². The van der Waals surface area contributed by atoms with E-state index in [1.165, 1.54) is 5.70 Å². The number of rotatable bonds is 5. The summed E-state index contributed by atoms with van der Waals surface area (Å²) >= 11 is 0. The van der Waals surface area contributed by atoms with Crippen molar-refractivity contribution in [3.63, 3.8) is 0 Å². The summed E-state index contributed by atoms with van der Waals surface area (Å²) in [5, 5.41) is 3.33. The molecule has 0 aliphatic carbocycles. The average Bonchev–Trinajstić information content (AvgIpc) is 2.96. The molecule has 0 saturated carbocycles. The van der Waals surface area contributed by atoms with Crippen LogP contribution in [0.15, 0.2) is 16.4 Å². The SMILES string of the molecule is C=NC1=C(N(CC)CN2CCOCC2)CNC1.CC. The van der Waals surface area contributed by atoms with Gasteiger partial charge in [-0.25, -0.2) is 0 Å². The lowest BCUT2D eigenvalue weighted by Gasteiger charge is -2.34. The molecule has 2 aliphatic rings. The maximum absolute atomic E-state index is 5.37. The van der Waals surface area contributed by atoms with Crippen LogP contribution in [-0.4, -0.2) is 69.1 Å². The molecule has 1 N–H and O–H groups in total. The van der Waals surface area contributed by atoms with E-state index in [9.17, 15) is 0 Å². The summed E-state index contributed by atoms with van der Waals surface area (Å²) in [6, 6.07) is 0. The van der Waals surface area contributed by atoms with E-state index < -0.39 is 0 Å². The van der Waals surface area contributed by atoms with Gasteiger partial charge in [0.05, 0.1) is 31.3 Å². The smallest absolute Gasteiger partial charge is 0.0738 e. The van der Waals surface area contributed by atoms with Crippen LogP contribution >= 0.6 is 0 Å². The van der Waals surface area contributed by atoms with Gasteiger partial charge >= 0.3 is 0 Å². The Bertz CT molecular complexity index is 298. The Hall–Kier alpha value is -0.910. The minimum Gasteiger partial charge on any atom is -0.379 e. The number of hydrogen-bond donors (Lipinski definition) is 1. The van der Waals surface area contributed by atoms with Crippen molar-refractivity contribution < 1.29 is 4.74 Å². The summed E-state index contributed by atoms with van der Waals surface area (Å²) in [4.78, 5) is 8.93. The van der Waals surface area contributed by atoms with Crippen LogP contribution in [0.5, 0.6) is 0 Å². The molecule has 0 aromatic carbocycles. The van der Waals surface area contributed by atoms with Crippen LogP contribution in [0.4, 0.5) is 0 Å². The third-order valence-electron chi connectivity index (χ3n) is 3.35. The first-order valence-electron chi connectivity index (χ1n) is 7.29. The van der Waals surface area contributed by atoms with E-state index in [1.54, 1.807) is 0 Å². The van der Waals surface area contributed by atoms with Gasteiger partial charge in [0.25, 0.3) is 0 Å². The Balaban J connectivity index is 0.000000861. The molecule has 0 amide bonds. The number of likely N-dealkylation sites (N-methyl/N-ethyl adjacent to an activating group) is 1. The lowest BCUT2D eigenvalue weighted by molar-refractivity contribution is 0.0167. The second-order valence-electron chi connectivity index (χ2n) is 4.38. The van der Waals surface area contributed by atoms with Crippen molar-refractivity contribution in [2.75, 3.05) is 52.6 Å². The predicted molar refractivity (Wildman–Crippen MR) is 80.4 cm³/mol. The Kier molecular flexibility index (Phi) is 7.70. The molecule has 5 nitrogen and oxygen atoms in total. The zero-order chi connectivity index (χ0) is 14.1. The lowest BCUT2D eigenvalue weighted by Crippen LogP contribution is -2.44. The fourth-order valence-corrected chi connectivity index (χ4v) is 2.31. The van der Waals surface area contributed by atoms with Crippen molar-refractivity contribution in [2.45, 2.75) is 20.8 Å². The highest BCUT2D eigenvalue weighted by Crippen LogP contribution is 2.16. The molecule has 2 heterocycles. The van der Waals surface area contributed by atoms with Crippen molar-refractivity contribution in [3.05, 3.63) is 11.4 Å². The first kappa shape index (κ1) is 16.1. The molecule has 19 heavy (non-hydrogen) atoms. The quantitative estimate of drug-likeness (QED) is 0.759. The molecule has 2 rings (SSSR count). The Labute approximate surface area is 117 Å². The van der Waals surface area contributed by atoms with Gasteiger partial charge in [0.15, 0.2) is 0 Å². The van der Waals surface area contributed by atoms with E-state index in [4.69, 9.17) is 4.74 Å². The number of aliphatic imine (C=N–C) groups is 1. The third-order valence-corrected chi connectivity index (χ3v) is 3.35.